The highest BCUT2D eigenvalue weighted by molar-refractivity contribution is 7.88. The molecule has 8 heteroatoms. The van der Waals surface area contributed by atoms with E-state index in [1.165, 1.54) is 30.5 Å². The number of hydrogen-bond donors (Lipinski definition) is 1. The maximum atomic E-state index is 12.8. The van der Waals surface area contributed by atoms with Gasteiger partial charge in [0.15, 0.2) is 0 Å². The molecule has 0 radical (unpaired) electrons. The van der Waals surface area contributed by atoms with Crippen molar-refractivity contribution in [1.29, 1.82) is 0 Å². The fourth-order valence-electron chi connectivity index (χ4n) is 1.76. The summed E-state index contributed by atoms with van der Waals surface area (Å²) >= 11 is 0. The van der Waals surface area contributed by atoms with E-state index < -0.39 is 21.7 Å². The van der Waals surface area contributed by atoms with Crippen LogP contribution in [0.1, 0.15) is 5.76 Å². The summed E-state index contributed by atoms with van der Waals surface area (Å²) in [6, 6.07) is 8.44. The average Bonchev–Trinajstić information content (AvgIpc) is 2.92. The lowest BCUT2D eigenvalue weighted by atomic mass is 10.3. The molecule has 0 saturated heterocycles. The molecule has 0 aliphatic carbocycles. The predicted molar refractivity (Wildman–Crippen MR) is 79.0 cm³/mol. The van der Waals surface area contributed by atoms with Gasteiger partial charge < -0.3 is 9.73 Å². The van der Waals surface area contributed by atoms with Gasteiger partial charge in [0.05, 0.1) is 25.6 Å². The van der Waals surface area contributed by atoms with E-state index in [2.05, 4.69) is 5.32 Å². The number of anilines is 1. The molecular formula is C14H15FN2O4S. The predicted octanol–water partition coefficient (Wildman–Crippen LogP) is 1.82. The number of nitrogens with zero attached hydrogens (tertiary/aromatic N) is 1. The van der Waals surface area contributed by atoms with Gasteiger partial charge in [-0.25, -0.2) is 12.8 Å². The lowest BCUT2D eigenvalue weighted by Gasteiger charge is -2.18. The molecule has 1 heterocycles. The summed E-state index contributed by atoms with van der Waals surface area (Å²) in [5.74, 6) is -0.517. The lowest BCUT2D eigenvalue weighted by molar-refractivity contribution is -0.116. The number of hydrogen-bond acceptors (Lipinski definition) is 4. The molecule has 0 aliphatic heterocycles. The van der Waals surface area contributed by atoms with Crippen LogP contribution in [0.5, 0.6) is 0 Å². The van der Waals surface area contributed by atoms with E-state index in [0.717, 1.165) is 10.6 Å². The van der Waals surface area contributed by atoms with Gasteiger partial charge in [-0.1, -0.05) is 0 Å². The summed E-state index contributed by atoms with van der Waals surface area (Å²) in [5.41, 5.74) is 0.387. The van der Waals surface area contributed by atoms with Crippen molar-refractivity contribution in [3.05, 3.63) is 54.2 Å². The highest BCUT2D eigenvalue weighted by atomic mass is 32.2. The minimum atomic E-state index is -3.58. The molecule has 0 fully saturated rings. The van der Waals surface area contributed by atoms with E-state index >= 15 is 0 Å². The first kappa shape index (κ1) is 16.2. The van der Waals surface area contributed by atoms with Crippen molar-refractivity contribution < 1.29 is 22.0 Å². The van der Waals surface area contributed by atoms with E-state index in [9.17, 15) is 17.6 Å². The smallest absolute Gasteiger partial charge is 0.239 e. The van der Waals surface area contributed by atoms with Crippen LogP contribution in [-0.2, 0) is 21.4 Å². The number of amides is 1. The molecule has 2 aromatic rings. The normalized spacial score (nSPS) is 11.6. The molecule has 118 valence electrons. The number of carbonyl (C=O) groups excluding carboxylic acids is 1. The van der Waals surface area contributed by atoms with Crippen LogP contribution >= 0.6 is 0 Å². The Morgan fingerprint density at radius 1 is 1.27 bits per heavy atom. The van der Waals surface area contributed by atoms with Crippen molar-refractivity contribution in [2.24, 2.45) is 0 Å². The van der Waals surface area contributed by atoms with Crippen LogP contribution in [0.25, 0.3) is 0 Å². The van der Waals surface area contributed by atoms with Gasteiger partial charge in [-0.3, -0.25) is 4.79 Å². The zero-order valence-electron chi connectivity index (χ0n) is 11.8. The van der Waals surface area contributed by atoms with Gasteiger partial charge in [0, 0.05) is 5.69 Å². The minimum Gasteiger partial charge on any atom is -0.468 e. The van der Waals surface area contributed by atoms with E-state index in [0.29, 0.717) is 11.4 Å². The van der Waals surface area contributed by atoms with Gasteiger partial charge in [0.25, 0.3) is 0 Å². The fourth-order valence-corrected chi connectivity index (χ4v) is 2.47. The molecule has 0 spiro atoms. The first-order valence-corrected chi connectivity index (χ1v) is 8.22. The van der Waals surface area contributed by atoms with Gasteiger partial charge in [0.1, 0.15) is 11.6 Å². The van der Waals surface area contributed by atoms with Crippen molar-refractivity contribution in [3.8, 4) is 0 Å². The average molecular weight is 326 g/mol. The third-order valence-electron chi connectivity index (χ3n) is 2.83. The van der Waals surface area contributed by atoms with Gasteiger partial charge in [-0.15, -0.1) is 0 Å². The number of carbonyl (C=O) groups is 1. The standard InChI is InChI=1S/C14H15FN2O4S/c1-22(19,20)17(9-13-3-2-8-21-13)10-14(18)16-12-6-4-11(15)5-7-12/h2-8H,9-10H2,1H3,(H,16,18). The first-order chi connectivity index (χ1) is 10.3. The summed E-state index contributed by atoms with van der Waals surface area (Å²) < 4.78 is 42.4. The lowest BCUT2D eigenvalue weighted by Crippen LogP contribution is -2.36. The first-order valence-electron chi connectivity index (χ1n) is 6.37. The molecule has 0 aliphatic rings. The fraction of sp³-hybridized carbons (Fsp3) is 0.214. The summed E-state index contributed by atoms with van der Waals surface area (Å²) in [7, 11) is -3.58. The minimum absolute atomic E-state index is 0.0390. The molecule has 22 heavy (non-hydrogen) atoms. The van der Waals surface area contributed by atoms with Crippen LogP contribution in [-0.4, -0.2) is 31.4 Å². The maximum absolute atomic E-state index is 12.8. The van der Waals surface area contributed by atoms with Crippen LogP contribution in [0, 0.1) is 5.82 Å². The van der Waals surface area contributed by atoms with Crippen LogP contribution in [0.4, 0.5) is 10.1 Å². The molecule has 1 N–H and O–H groups in total. The third kappa shape index (κ3) is 4.68. The Morgan fingerprint density at radius 3 is 2.50 bits per heavy atom. The topological polar surface area (TPSA) is 79.6 Å². The summed E-state index contributed by atoms with van der Waals surface area (Å²) in [5, 5.41) is 2.51. The van der Waals surface area contributed by atoms with E-state index in [1.807, 2.05) is 0 Å². The number of rotatable bonds is 6. The Morgan fingerprint density at radius 2 is 1.95 bits per heavy atom. The maximum Gasteiger partial charge on any atom is 0.239 e. The largest absolute Gasteiger partial charge is 0.468 e. The second kappa shape index (κ2) is 6.71. The molecule has 1 aromatic carbocycles. The number of sulfonamides is 1. The van der Waals surface area contributed by atoms with Gasteiger partial charge in [0.2, 0.25) is 15.9 Å². The Balaban J connectivity index is 2.03. The van der Waals surface area contributed by atoms with Crippen molar-refractivity contribution in [2.45, 2.75) is 6.54 Å². The summed E-state index contributed by atoms with van der Waals surface area (Å²) in [6.07, 6.45) is 2.44. The van der Waals surface area contributed by atoms with E-state index in [1.54, 1.807) is 12.1 Å². The number of furan rings is 1. The molecule has 0 bridgehead atoms. The second-order valence-electron chi connectivity index (χ2n) is 4.67. The zero-order chi connectivity index (χ0) is 16.2. The number of benzene rings is 1. The van der Waals surface area contributed by atoms with Gasteiger partial charge in [-0.2, -0.15) is 4.31 Å². The van der Waals surface area contributed by atoms with Crippen molar-refractivity contribution in [3.63, 3.8) is 0 Å². The van der Waals surface area contributed by atoms with Crippen molar-refractivity contribution >= 4 is 21.6 Å². The van der Waals surface area contributed by atoms with E-state index in [4.69, 9.17) is 4.42 Å². The summed E-state index contributed by atoms with van der Waals surface area (Å²) in [4.78, 5) is 11.9. The molecule has 0 saturated carbocycles. The monoisotopic (exact) mass is 326 g/mol. The van der Waals surface area contributed by atoms with Gasteiger partial charge in [-0.05, 0) is 36.4 Å². The second-order valence-corrected chi connectivity index (χ2v) is 6.65. The molecule has 6 nitrogen and oxygen atoms in total. The molecule has 0 atom stereocenters. The highest BCUT2D eigenvalue weighted by Crippen LogP contribution is 2.11. The van der Waals surface area contributed by atoms with Crippen LogP contribution in [0.2, 0.25) is 0 Å². The SMILES string of the molecule is CS(=O)(=O)N(CC(=O)Nc1ccc(F)cc1)Cc1ccco1. The molecule has 1 amide bonds. The third-order valence-corrected chi connectivity index (χ3v) is 4.03. The summed E-state index contributed by atoms with van der Waals surface area (Å²) in [6.45, 7) is -0.403. The molecule has 1 aromatic heterocycles. The highest BCUT2D eigenvalue weighted by Gasteiger charge is 2.21. The van der Waals surface area contributed by atoms with Crippen LogP contribution in [0.3, 0.4) is 0 Å². The van der Waals surface area contributed by atoms with Crippen LogP contribution in [0.15, 0.2) is 47.1 Å². The van der Waals surface area contributed by atoms with Crippen molar-refractivity contribution in [2.75, 3.05) is 18.1 Å². The zero-order valence-corrected chi connectivity index (χ0v) is 12.6. The number of halogens is 1. The molecule has 0 unspecified atom stereocenters. The Kier molecular flexibility index (Phi) is 4.94. The van der Waals surface area contributed by atoms with Crippen molar-refractivity contribution in [1.82, 2.24) is 4.31 Å². The number of nitrogens with one attached hydrogen (secondary N) is 1. The molecular weight excluding hydrogens is 311 g/mol. The quantitative estimate of drug-likeness (QED) is 0.878. The van der Waals surface area contributed by atoms with Gasteiger partial charge >= 0.3 is 0 Å². The Hall–Kier alpha value is -2.19. The van der Waals surface area contributed by atoms with Crippen LogP contribution < -0.4 is 5.32 Å². The Bertz CT molecular complexity index is 727. The van der Waals surface area contributed by atoms with E-state index in [-0.39, 0.29) is 13.1 Å². The molecule has 2 rings (SSSR count). The Labute approximate surface area is 127 Å².